The standard InChI is InChI=1S/C20H38N2O4/c1-17(2)10-14(11-18(3,4)21-17)25-16(23)26-15-12-19(5,6)22(24-9)20(7,8)13-15/h14-15,21H,10-13H2,1-9H3. The summed E-state index contributed by atoms with van der Waals surface area (Å²) in [7, 11) is 1.69. The first-order valence-corrected chi connectivity index (χ1v) is 9.67. The lowest BCUT2D eigenvalue weighted by atomic mass is 9.80. The molecule has 2 rings (SSSR count). The average molecular weight is 371 g/mol. The van der Waals surface area contributed by atoms with Crippen molar-refractivity contribution >= 4 is 6.16 Å². The van der Waals surface area contributed by atoms with E-state index in [-0.39, 0.29) is 34.4 Å². The van der Waals surface area contributed by atoms with E-state index in [4.69, 9.17) is 14.3 Å². The van der Waals surface area contributed by atoms with Gasteiger partial charge < -0.3 is 19.6 Å². The van der Waals surface area contributed by atoms with Crippen molar-refractivity contribution in [2.75, 3.05) is 7.11 Å². The summed E-state index contributed by atoms with van der Waals surface area (Å²) < 4.78 is 11.4. The van der Waals surface area contributed by atoms with Crippen molar-refractivity contribution in [2.45, 2.75) is 115 Å². The molecule has 0 aromatic rings. The summed E-state index contributed by atoms with van der Waals surface area (Å²) in [6.07, 6.45) is 2.13. The lowest BCUT2D eigenvalue weighted by Gasteiger charge is -2.52. The number of carbonyl (C=O) groups excluding carboxylic acids is 1. The molecule has 1 N–H and O–H groups in total. The Labute approximate surface area is 158 Å². The Morgan fingerprint density at radius 3 is 1.58 bits per heavy atom. The minimum Gasteiger partial charge on any atom is -0.431 e. The molecule has 2 heterocycles. The van der Waals surface area contributed by atoms with Crippen molar-refractivity contribution in [1.82, 2.24) is 10.4 Å². The first-order valence-electron chi connectivity index (χ1n) is 9.67. The zero-order valence-corrected chi connectivity index (χ0v) is 18.1. The zero-order chi connectivity index (χ0) is 20.0. The third-order valence-electron chi connectivity index (χ3n) is 5.42. The fourth-order valence-corrected chi connectivity index (χ4v) is 5.36. The maximum Gasteiger partial charge on any atom is 0.508 e. The van der Waals surface area contributed by atoms with Gasteiger partial charge in [-0.1, -0.05) is 0 Å². The molecule has 0 saturated carbocycles. The minimum absolute atomic E-state index is 0.0690. The topological polar surface area (TPSA) is 60.0 Å². The van der Waals surface area contributed by atoms with Crippen LogP contribution in [0.3, 0.4) is 0 Å². The summed E-state index contributed by atoms with van der Waals surface area (Å²) in [6, 6.07) is 0. The molecule has 6 nitrogen and oxygen atoms in total. The van der Waals surface area contributed by atoms with Gasteiger partial charge >= 0.3 is 6.16 Å². The first-order chi connectivity index (χ1) is 11.7. The van der Waals surface area contributed by atoms with Crippen LogP contribution in [0.15, 0.2) is 0 Å². The molecular weight excluding hydrogens is 332 g/mol. The molecule has 0 spiro atoms. The van der Waals surface area contributed by atoms with Crippen molar-refractivity contribution in [2.24, 2.45) is 0 Å². The molecule has 0 aromatic heterocycles. The van der Waals surface area contributed by atoms with Crippen LogP contribution < -0.4 is 5.32 Å². The number of hydrogen-bond acceptors (Lipinski definition) is 6. The Kier molecular flexibility index (Phi) is 5.73. The normalized spacial score (nSPS) is 28.5. The smallest absolute Gasteiger partial charge is 0.431 e. The second-order valence-corrected chi connectivity index (χ2v) is 10.5. The summed E-state index contributed by atoms with van der Waals surface area (Å²) in [4.78, 5) is 18.1. The lowest BCUT2D eigenvalue weighted by Crippen LogP contribution is -2.61. The van der Waals surface area contributed by atoms with Crippen molar-refractivity contribution in [1.29, 1.82) is 0 Å². The number of nitrogens with one attached hydrogen (secondary N) is 1. The number of nitrogens with zero attached hydrogens (tertiary/aromatic N) is 1. The highest BCUT2D eigenvalue weighted by molar-refractivity contribution is 5.60. The summed E-state index contributed by atoms with van der Waals surface area (Å²) in [6.45, 7) is 17.0. The van der Waals surface area contributed by atoms with E-state index in [1.807, 2.05) is 5.06 Å². The molecule has 2 aliphatic heterocycles. The van der Waals surface area contributed by atoms with Gasteiger partial charge in [0, 0.05) is 47.8 Å². The van der Waals surface area contributed by atoms with Crippen molar-refractivity contribution in [3.8, 4) is 0 Å². The maximum absolute atomic E-state index is 12.5. The minimum atomic E-state index is -0.550. The fourth-order valence-electron chi connectivity index (χ4n) is 5.36. The molecule has 6 heteroatoms. The van der Waals surface area contributed by atoms with Gasteiger partial charge in [0.2, 0.25) is 0 Å². The van der Waals surface area contributed by atoms with Gasteiger partial charge in [-0.05, 0) is 55.4 Å². The number of piperidine rings is 2. The monoisotopic (exact) mass is 370 g/mol. The van der Waals surface area contributed by atoms with Gasteiger partial charge in [-0.2, -0.15) is 5.06 Å². The predicted octanol–water partition coefficient (Wildman–Crippen LogP) is 4.03. The Morgan fingerprint density at radius 2 is 1.19 bits per heavy atom. The van der Waals surface area contributed by atoms with Crippen molar-refractivity contribution < 1.29 is 19.1 Å². The molecule has 0 aromatic carbocycles. The van der Waals surface area contributed by atoms with E-state index >= 15 is 0 Å². The predicted molar refractivity (Wildman–Crippen MR) is 102 cm³/mol. The Balaban J connectivity index is 1.98. The summed E-state index contributed by atoms with van der Waals surface area (Å²) in [5, 5.41) is 5.60. The Bertz CT molecular complexity index is 494. The largest absolute Gasteiger partial charge is 0.508 e. The zero-order valence-electron chi connectivity index (χ0n) is 18.1. The van der Waals surface area contributed by atoms with Gasteiger partial charge in [0.15, 0.2) is 0 Å². The van der Waals surface area contributed by atoms with Gasteiger partial charge in [-0.15, -0.1) is 0 Å². The number of rotatable bonds is 3. The van der Waals surface area contributed by atoms with Crippen LogP contribution in [0.1, 0.15) is 81.1 Å². The molecule has 0 radical (unpaired) electrons. The van der Waals surface area contributed by atoms with E-state index in [0.717, 1.165) is 12.8 Å². The summed E-state index contributed by atoms with van der Waals surface area (Å²) >= 11 is 0. The number of hydroxylamine groups is 2. The summed E-state index contributed by atoms with van der Waals surface area (Å²) in [5.41, 5.74) is -0.582. The molecule has 26 heavy (non-hydrogen) atoms. The molecule has 0 unspecified atom stereocenters. The van der Waals surface area contributed by atoms with Crippen LogP contribution in [-0.4, -0.2) is 52.7 Å². The van der Waals surface area contributed by atoms with Crippen molar-refractivity contribution in [3.63, 3.8) is 0 Å². The van der Waals surface area contributed by atoms with Gasteiger partial charge in [-0.3, -0.25) is 0 Å². The van der Waals surface area contributed by atoms with Crippen LogP contribution in [0.25, 0.3) is 0 Å². The van der Waals surface area contributed by atoms with Crippen LogP contribution in [0.4, 0.5) is 4.79 Å². The Hall–Kier alpha value is -0.850. The molecule has 152 valence electrons. The molecule has 0 aliphatic carbocycles. The summed E-state index contributed by atoms with van der Waals surface area (Å²) in [5.74, 6) is 0. The van der Waals surface area contributed by atoms with Gasteiger partial charge in [-0.25, -0.2) is 4.79 Å². The van der Waals surface area contributed by atoms with E-state index in [2.05, 4.69) is 60.7 Å². The van der Waals surface area contributed by atoms with Crippen LogP contribution in [0, 0.1) is 0 Å². The lowest BCUT2D eigenvalue weighted by molar-refractivity contribution is -0.277. The molecule has 2 aliphatic rings. The third kappa shape index (κ3) is 5.11. The van der Waals surface area contributed by atoms with Gasteiger partial charge in [0.1, 0.15) is 12.2 Å². The number of hydrogen-bond donors (Lipinski definition) is 1. The highest BCUT2D eigenvalue weighted by Crippen LogP contribution is 2.39. The second kappa shape index (κ2) is 6.95. The maximum atomic E-state index is 12.5. The second-order valence-electron chi connectivity index (χ2n) is 10.5. The average Bonchev–Trinajstić information content (AvgIpc) is 2.30. The molecule has 0 amide bonds. The van der Waals surface area contributed by atoms with E-state index in [0.29, 0.717) is 12.8 Å². The molecular formula is C20H38N2O4. The van der Waals surface area contributed by atoms with E-state index in [1.54, 1.807) is 7.11 Å². The van der Waals surface area contributed by atoms with E-state index < -0.39 is 6.16 Å². The van der Waals surface area contributed by atoms with E-state index in [9.17, 15) is 4.79 Å². The molecule has 0 bridgehead atoms. The molecule has 0 atom stereocenters. The fraction of sp³-hybridized carbons (Fsp3) is 0.950. The van der Waals surface area contributed by atoms with Gasteiger partial charge in [0.25, 0.3) is 0 Å². The van der Waals surface area contributed by atoms with Crippen LogP contribution in [-0.2, 0) is 14.3 Å². The highest BCUT2D eigenvalue weighted by Gasteiger charge is 2.48. The first kappa shape index (κ1) is 21.5. The third-order valence-corrected chi connectivity index (χ3v) is 5.42. The highest BCUT2D eigenvalue weighted by atomic mass is 16.7. The Morgan fingerprint density at radius 1 is 0.808 bits per heavy atom. The van der Waals surface area contributed by atoms with Crippen LogP contribution in [0.5, 0.6) is 0 Å². The SMILES string of the molecule is CON1C(C)(C)CC(OC(=O)OC2CC(C)(C)NC(C)(C)C2)CC1(C)C. The quantitative estimate of drug-likeness (QED) is 0.757. The molecule has 2 saturated heterocycles. The van der Waals surface area contributed by atoms with Crippen LogP contribution >= 0.6 is 0 Å². The number of ether oxygens (including phenoxy) is 2. The number of carbonyl (C=O) groups is 1. The van der Waals surface area contributed by atoms with Crippen molar-refractivity contribution in [3.05, 3.63) is 0 Å². The van der Waals surface area contributed by atoms with Gasteiger partial charge in [0.05, 0.1) is 7.11 Å². The van der Waals surface area contributed by atoms with Crippen LogP contribution in [0.2, 0.25) is 0 Å². The molecule has 2 fully saturated rings. The van der Waals surface area contributed by atoms with E-state index in [1.165, 1.54) is 0 Å².